The molecule has 0 unspecified atom stereocenters. The summed E-state index contributed by atoms with van der Waals surface area (Å²) >= 11 is 0. The fraction of sp³-hybridized carbons (Fsp3) is 0.533. The van der Waals surface area contributed by atoms with Gasteiger partial charge in [-0.15, -0.1) is 0 Å². The second-order valence-corrected chi connectivity index (χ2v) is 5.66. The predicted octanol–water partition coefficient (Wildman–Crippen LogP) is 2.75. The topological polar surface area (TPSA) is 67.2 Å². The lowest BCUT2D eigenvalue weighted by Gasteiger charge is -2.31. The van der Waals surface area contributed by atoms with Crippen molar-refractivity contribution in [2.24, 2.45) is 0 Å². The maximum Gasteiger partial charge on any atom is 0.315 e. The van der Waals surface area contributed by atoms with Crippen molar-refractivity contribution in [1.29, 1.82) is 0 Å². The van der Waals surface area contributed by atoms with Crippen molar-refractivity contribution in [2.45, 2.75) is 51.1 Å². The Bertz CT molecular complexity index is 433. The SMILES string of the molecule is CC(C)NC(=O)NC1(c2ccc(N)cc2)CCCC1. The first kappa shape index (κ1) is 13.7. The van der Waals surface area contributed by atoms with Crippen molar-refractivity contribution >= 4 is 11.7 Å². The maximum atomic E-state index is 12.0. The summed E-state index contributed by atoms with van der Waals surface area (Å²) in [7, 11) is 0. The monoisotopic (exact) mass is 261 g/mol. The molecular formula is C15H23N3O. The average Bonchev–Trinajstić information content (AvgIpc) is 2.78. The van der Waals surface area contributed by atoms with Gasteiger partial charge in [-0.05, 0) is 44.4 Å². The molecule has 1 aliphatic rings. The first-order valence-electron chi connectivity index (χ1n) is 6.96. The van der Waals surface area contributed by atoms with Gasteiger partial charge >= 0.3 is 6.03 Å². The van der Waals surface area contributed by atoms with E-state index >= 15 is 0 Å². The Labute approximate surface area is 114 Å². The van der Waals surface area contributed by atoms with Crippen LogP contribution in [-0.2, 0) is 5.54 Å². The normalized spacial score (nSPS) is 17.4. The highest BCUT2D eigenvalue weighted by molar-refractivity contribution is 5.75. The van der Waals surface area contributed by atoms with Crippen LogP contribution in [0.25, 0.3) is 0 Å². The van der Waals surface area contributed by atoms with Crippen molar-refractivity contribution in [3.63, 3.8) is 0 Å². The number of hydrogen-bond acceptors (Lipinski definition) is 2. The second kappa shape index (κ2) is 5.51. The Kier molecular flexibility index (Phi) is 3.98. The van der Waals surface area contributed by atoms with Gasteiger partial charge in [-0.3, -0.25) is 0 Å². The highest BCUT2D eigenvalue weighted by atomic mass is 16.2. The fourth-order valence-corrected chi connectivity index (χ4v) is 2.78. The van der Waals surface area contributed by atoms with E-state index in [0.717, 1.165) is 36.9 Å². The number of urea groups is 1. The molecular weight excluding hydrogens is 238 g/mol. The Balaban J connectivity index is 2.18. The summed E-state index contributed by atoms with van der Waals surface area (Å²) in [4.78, 5) is 12.0. The quantitative estimate of drug-likeness (QED) is 0.732. The predicted molar refractivity (Wildman–Crippen MR) is 77.8 cm³/mol. The van der Waals surface area contributed by atoms with Crippen molar-refractivity contribution in [2.75, 3.05) is 5.73 Å². The van der Waals surface area contributed by atoms with Crippen molar-refractivity contribution in [3.05, 3.63) is 29.8 Å². The number of benzene rings is 1. The van der Waals surface area contributed by atoms with Crippen LogP contribution in [0.1, 0.15) is 45.1 Å². The minimum Gasteiger partial charge on any atom is -0.399 e. The third-order valence-corrected chi connectivity index (χ3v) is 3.69. The average molecular weight is 261 g/mol. The number of anilines is 1. The lowest BCUT2D eigenvalue weighted by Crippen LogP contribution is -2.50. The van der Waals surface area contributed by atoms with Crippen LogP contribution in [0.5, 0.6) is 0 Å². The smallest absolute Gasteiger partial charge is 0.315 e. The molecule has 1 aliphatic carbocycles. The van der Waals surface area contributed by atoms with Gasteiger partial charge in [0.25, 0.3) is 0 Å². The molecule has 104 valence electrons. The summed E-state index contributed by atoms with van der Waals surface area (Å²) < 4.78 is 0. The summed E-state index contributed by atoms with van der Waals surface area (Å²) in [5.74, 6) is 0. The van der Waals surface area contributed by atoms with Crippen LogP contribution in [-0.4, -0.2) is 12.1 Å². The van der Waals surface area contributed by atoms with Crippen molar-refractivity contribution < 1.29 is 4.79 Å². The third-order valence-electron chi connectivity index (χ3n) is 3.69. The Hall–Kier alpha value is -1.71. The van der Waals surface area contributed by atoms with E-state index in [-0.39, 0.29) is 17.6 Å². The van der Waals surface area contributed by atoms with Crippen LogP contribution in [0.2, 0.25) is 0 Å². The molecule has 4 nitrogen and oxygen atoms in total. The van der Waals surface area contributed by atoms with Crippen LogP contribution >= 0.6 is 0 Å². The van der Waals surface area contributed by atoms with E-state index in [2.05, 4.69) is 10.6 Å². The molecule has 0 radical (unpaired) electrons. The van der Waals surface area contributed by atoms with Crippen LogP contribution in [0, 0.1) is 0 Å². The Morgan fingerprint density at radius 2 is 1.79 bits per heavy atom. The second-order valence-electron chi connectivity index (χ2n) is 5.66. The van der Waals surface area contributed by atoms with E-state index in [9.17, 15) is 4.79 Å². The third kappa shape index (κ3) is 3.19. The van der Waals surface area contributed by atoms with E-state index in [1.807, 2.05) is 38.1 Å². The van der Waals surface area contributed by atoms with Gasteiger partial charge in [0.05, 0.1) is 5.54 Å². The molecule has 0 spiro atoms. The maximum absolute atomic E-state index is 12.0. The molecule has 0 saturated heterocycles. The number of carbonyl (C=O) groups is 1. The molecule has 1 fully saturated rings. The fourth-order valence-electron chi connectivity index (χ4n) is 2.78. The number of nitrogen functional groups attached to an aromatic ring is 1. The first-order chi connectivity index (χ1) is 9.02. The van der Waals surface area contributed by atoms with Gasteiger partial charge < -0.3 is 16.4 Å². The van der Waals surface area contributed by atoms with E-state index < -0.39 is 0 Å². The van der Waals surface area contributed by atoms with Crippen LogP contribution in [0.15, 0.2) is 24.3 Å². The summed E-state index contributed by atoms with van der Waals surface area (Å²) in [6.07, 6.45) is 4.27. The number of nitrogens with one attached hydrogen (secondary N) is 2. The zero-order valence-corrected chi connectivity index (χ0v) is 11.7. The molecule has 19 heavy (non-hydrogen) atoms. The zero-order valence-electron chi connectivity index (χ0n) is 11.7. The summed E-state index contributed by atoms with van der Waals surface area (Å²) in [6, 6.07) is 7.90. The van der Waals surface area contributed by atoms with Crippen LogP contribution in [0.4, 0.5) is 10.5 Å². The molecule has 2 amide bonds. The summed E-state index contributed by atoms with van der Waals surface area (Å²) in [5.41, 5.74) is 7.41. The minimum absolute atomic E-state index is 0.0891. The number of rotatable bonds is 3. The lowest BCUT2D eigenvalue weighted by atomic mass is 9.88. The van der Waals surface area contributed by atoms with E-state index in [4.69, 9.17) is 5.73 Å². The highest BCUT2D eigenvalue weighted by Crippen LogP contribution is 2.38. The molecule has 1 aromatic carbocycles. The number of amides is 2. The Morgan fingerprint density at radius 3 is 2.32 bits per heavy atom. The highest BCUT2D eigenvalue weighted by Gasteiger charge is 2.37. The number of carbonyl (C=O) groups excluding carboxylic acids is 1. The van der Waals surface area contributed by atoms with Gasteiger partial charge in [0, 0.05) is 11.7 Å². The van der Waals surface area contributed by atoms with Gasteiger partial charge in [0.1, 0.15) is 0 Å². The molecule has 4 heteroatoms. The molecule has 1 aromatic rings. The summed E-state index contributed by atoms with van der Waals surface area (Å²) in [5, 5.41) is 6.07. The van der Waals surface area contributed by atoms with Gasteiger partial charge in [-0.1, -0.05) is 25.0 Å². The molecule has 0 aromatic heterocycles. The van der Waals surface area contributed by atoms with Crippen LogP contribution in [0.3, 0.4) is 0 Å². The zero-order chi connectivity index (χ0) is 13.9. The molecule has 0 bridgehead atoms. The van der Waals surface area contributed by atoms with E-state index in [1.165, 1.54) is 0 Å². The lowest BCUT2D eigenvalue weighted by molar-refractivity contribution is 0.222. The van der Waals surface area contributed by atoms with E-state index in [0.29, 0.717) is 0 Å². The van der Waals surface area contributed by atoms with Crippen LogP contribution < -0.4 is 16.4 Å². The molecule has 0 heterocycles. The van der Waals surface area contributed by atoms with Gasteiger partial charge in [-0.25, -0.2) is 4.79 Å². The molecule has 4 N–H and O–H groups in total. The number of nitrogens with two attached hydrogens (primary N) is 1. The standard InChI is InChI=1S/C15H23N3O/c1-11(2)17-14(19)18-15(9-3-4-10-15)12-5-7-13(16)8-6-12/h5-8,11H,3-4,9-10,16H2,1-2H3,(H2,17,18,19). The minimum atomic E-state index is -0.229. The first-order valence-corrected chi connectivity index (χ1v) is 6.96. The Morgan fingerprint density at radius 1 is 1.21 bits per heavy atom. The summed E-state index contributed by atoms with van der Waals surface area (Å²) in [6.45, 7) is 3.92. The van der Waals surface area contributed by atoms with Gasteiger partial charge in [0.15, 0.2) is 0 Å². The van der Waals surface area contributed by atoms with Crippen molar-refractivity contribution in [3.8, 4) is 0 Å². The molecule has 0 atom stereocenters. The molecule has 0 aliphatic heterocycles. The largest absolute Gasteiger partial charge is 0.399 e. The molecule has 2 rings (SSSR count). The van der Waals surface area contributed by atoms with Gasteiger partial charge in [0.2, 0.25) is 0 Å². The van der Waals surface area contributed by atoms with Crippen molar-refractivity contribution in [1.82, 2.24) is 10.6 Å². The van der Waals surface area contributed by atoms with Gasteiger partial charge in [-0.2, -0.15) is 0 Å². The van der Waals surface area contributed by atoms with E-state index in [1.54, 1.807) is 0 Å². The number of hydrogen-bond donors (Lipinski definition) is 3. The molecule has 1 saturated carbocycles.